The molecule has 2 nitrogen and oxygen atoms in total. The van der Waals surface area contributed by atoms with E-state index >= 15 is 0 Å². The van der Waals surface area contributed by atoms with Gasteiger partial charge < -0.3 is 0 Å². The minimum absolute atomic E-state index is 0. The number of benzene rings is 5. The summed E-state index contributed by atoms with van der Waals surface area (Å²) in [6, 6.07) is 40.8. The maximum atomic E-state index is 8.49. The van der Waals surface area contributed by atoms with Crippen LogP contribution in [0, 0.1) is 26.0 Å². The molecule has 8 aromatic rings. The average molecular weight is 895 g/mol. The van der Waals surface area contributed by atoms with Gasteiger partial charge in [-0.15, -0.1) is 17.5 Å². The van der Waals surface area contributed by atoms with Gasteiger partial charge in [0.2, 0.25) is 0 Å². The largest absolute Gasteiger partial charge is 0.295 e. The molecule has 5 heteroatoms. The molecule has 0 amide bonds. The first kappa shape index (κ1) is 33.8. The van der Waals surface area contributed by atoms with Crippen LogP contribution in [-0.2, 0) is 20.1 Å². The van der Waals surface area contributed by atoms with Crippen LogP contribution >= 0.6 is 11.3 Å². The number of hydrogen-bond acceptors (Lipinski definition) is 3. The van der Waals surface area contributed by atoms with Crippen LogP contribution in [0.3, 0.4) is 0 Å². The first-order chi connectivity index (χ1) is 23.4. The Hall–Kier alpha value is -3.67. The van der Waals surface area contributed by atoms with E-state index in [4.69, 9.17) is 6.35 Å². The number of nitrogens with zero attached hydrogens (tertiary/aromatic N) is 2. The predicted octanol–water partition coefficient (Wildman–Crippen LogP) is 12.1. The standard InChI is InChI=1S/C29H22NS.C15H18GeN.Ir/c1-17(2)19-12-13-30-26(16-19)25-15-20-6-4-5-7-22(20)27-24-11-9-21-14-18(3)8-10-23(21)28(24)31-29(25)27;1-12-10-15(13-8-6-5-7-9-13)17-11-14(12)16(2,3)4;/h4-14,16-17H,1-3H3;5-8,10-11H,1-4H3;/q2*-1;/i17D;;. The van der Waals surface area contributed by atoms with E-state index in [1.54, 1.807) is 0 Å². The predicted molar refractivity (Wildman–Crippen MR) is 211 cm³/mol. The summed E-state index contributed by atoms with van der Waals surface area (Å²) < 4.78 is 12.5. The second-order valence-corrected chi connectivity index (χ2v) is 25.5. The van der Waals surface area contributed by atoms with E-state index in [9.17, 15) is 0 Å². The molecular formula is C44H40GeIrN2S-2. The van der Waals surface area contributed by atoms with Gasteiger partial charge in [-0.25, -0.2) is 0 Å². The SMILES string of the molecule is Cc1cc(-c2[c-]cccc2)nc[c]1[Ge]([CH3])([CH3])[CH3].[2H]C(C)(C)c1ccnc(-c2[c-]c3ccccc3c3c2sc2c4ccc(C)cc4ccc23)c1.[Ir]. The molecule has 0 bridgehead atoms. The van der Waals surface area contributed by atoms with Crippen molar-refractivity contribution in [1.82, 2.24) is 9.97 Å². The molecule has 8 rings (SSSR count). The van der Waals surface area contributed by atoms with Gasteiger partial charge in [-0.3, -0.25) is 4.98 Å². The molecule has 0 N–H and O–H groups in total. The van der Waals surface area contributed by atoms with Crippen LogP contribution in [-0.4, -0.2) is 23.2 Å². The van der Waals surface area contributed by atoms with Gasteiger partial charge in [0.1, 0.15) is 0 Å². The smallest absolute Gasteiger partial charge is 0.0346 e. The summed E-state index contributed by atoms with van der Waals surface area (Å²) in [6.45, 7) is 8.17. The number of fused-ring (bicyclic) bond motifs is 7. The third-order valence-electron chi connectivity index (χ3n) is 9.01. The van der Waals surface area contributed by atoms with Crippen molar-refractivity contribution in [3.05, 3.63) is 138 Å². The number of pyridine rings is 2. The molecule has 247 valence electrons. The van der Waals surface area contributed by atoms with Gasteiger partial charge in [0, 0.05) is 38.1 Å². The molecule has 0 aliphatic heterocycles. The molecule has 5 aromatic carbocycles. The maximum Gasteiger partial charge on any atom is 0.0346 e. The van der Waals surface area contributed by atoms with E-state index in [-0.39, 0.29) is 20.1 Å². The molecule has 0 fully saturated rings. The van der Waals surface area contributed by atoms with Gasteiger partial charge >= 0.3 is 106 Å². The summed E-state index contributed by atoms with van der Waals surface area (Å²) in [7, 11) is 0. The number of aryl methyl sites for hydroxylation is 2. The first-order valence-electron chi connectivity index (χ1n) is 17.0. The molecule has 0 saturated carbocycles. The minimum atomic E-state index is -1.77. The van der Waals surface area contributed by atoms with Crippen LogP contribution in [0.25, 0.3) is 64.2 Å². The molecule has 3 aromatic heterocycles. The second-order valence-electron chi connectivity index (χ2n) is 13.9. The van der Waals surface area contributed by atoms with Gasteiger partial charge in [-0.05, 0) is 45.3 Å². The van der Waals surface area contributed by atoms with E-state index in [1.165, 1.54) is 51.9 Å². The van der Waals surface area contributed by atoms with Crippen molar-refractivity contribution in [3.63, 3.8) is 0 Å². The van der Waals surface area contributed by atoms with Crippen molar-refractivity contribution in [1.29, 1.82) is 0 Å². The van der Waals surface area contributed by atoms with Crippen molar-refractivity contribution in [2.45, 2.75) is 50.9 Å². The average Bonchev–Trinajstić information content (AvgIpc) is 3.48. The van der Waals surface area contributed by atoms with Gasteiger partial charge in [-0.1, -0.05) is 90.3 Å². The Labute approximate surface area is 311 Å². The van der Waals surface area contributed by atoms with Crippen molar-refractivity contribution in [3.8, 4) is 22.5 Å². The van der Waals surface area contributed by atoms with E-state index in [1.807, 2.05) is 55.6 Å². The zero-order valence-electron chi connectivity index (χ0n) is 30.0. The summed E-state index contributed by atoms with van der Waals surface area (Å²) in [5, 5.41) is 7.43. The number of thiophene rings is 1. The van der Waals surface area contributed by atoms with Crippen LogP contribution < -0.4 is 4.40 Å². The fourth-order valence-electron chi connectivity index (χ4n) is 6.55. The fourth-order valence-corrected chi connectivity index (χ4v) is 11.5. The Kier molecular flexibility index (Phi) is 9.86. The molecule has 49 heavy (non-hydrogen) atoms. The van der Waals surface area contributed by atoms with Crippen LogP contribution in [0.2, 0.25) is 17.3 Å². The molecule has 0 unspecified atom stereocenters. The zero-order chi connectivity index (χ0) is 34.5. The van der Waals surface area contributed by atoms with Crippen molar-refractivity contribution in [2.75, 3.05) is 0 Å². The minimum Gasteiger partial charge on any atom is -0.295 e. The molecule has 0 aliphatic carbocycles. The number of aromatic nitrogens is 2. The third-order valence-corrected chi connectivity index (χ3v) is 14.8. The number of hydrogen-bond donors (Lipinski definition) is 0. The van der Waals surface area contributed by atoms with Gasteiger partial charge in [0.05, 0.1) is 0 Å². The fraction of sp³-hybridized carbons (Fsp3) is 0.182. The van der Waals surface area contributed by atoms with E-state index in [0.717, 1.165) is 33.5 Å². The molecule has 0 saturated heterocycles. The van der Waals surface area contributed by atoms with Crippen molar-refractivity contribution >= 4 is 70.7 Å². The second kappa shape index (κ2) is 14.3. The van der Waals surface area contributed by atoms with E-state index in [0.29, 0.717) is 0 Å². The molecule has 3 heterocycles. The van der Waals surface area contributed by atoms with Gasteiger partial charge in [0.15, 0.2) is 0 Å². The van der Waals surface area contributed by atoms with Crippen LogP contribution in [0.5, 0.6) is 0 Å². The molecule has 0 spiro atoms. The van der Waals surface area contributed by atoms with Gasteiger partial charge in [0.25, 0.3) is 0 Å². The molecule has 0 aliphatic rings. The molecular weight excluding hydrogens is 853 g/mol. The van der Waals surface area contributed by atoms with Crippen molar-refractivity contribution < 1.29 is 21.5 Å². The Morgan fingerprint density at radius 2 is 1.55 bits per heavy atom. The Bertz CT molecular complexity index is 2490. The normalized spacial score (nSPS) is 12.1. The summed E-state index contributed by atoms with van der Waals surface area (Å²) in [4.78, 5) is 9.31. The summed E-state index contributed by atoms with van der Waals surface area (Å²) in [5.74, 6) is 6.52. The van der Waals surface area contributed by atoms with E-state index < -0.39 is 19.2 Å². The summed E-state index contributed by atoms with van der Waals surface area (Å²) in [5.41, 5.74) is 7.61. The molecule has 0 atom stereocenters. The monoisotopic (exact) mass is 896 g/mol. The summed E-state index contributed by atoms with van der Waals surface area (Å²) >= 11 is 0.0559. The summed E-state index contributed by atoms with van der Waals surface area (Å²) in [6.07, 6.45) is 3.90. The van der Waals surface area contributed by atoms with Crippen LogP contribution in [0.4, 0.5) is 0 Å². The van der Waals surface area contributed by atoms with Crippen LogP contribution in [0.15, 0.2) is 109 Å². The maximum absolute atomic E-state index is 8.49. The Balaban J connectivity index is 0.000000204. The van der Waals surface area contributed by atoms with Crippen molar-refractivity contribution in [2.24, 2.45) is 0 Å². The first-order valence-corrected chi connectivity index (χ1v) is 24.7. The zero-order valence-corrected chi connectivity index (χ0v) is 34.3. The Morgan fingerprint density at radius 3 is 2.29 bits per heavy atom. The number of rotatable bonds is 4. The Morgan fingerprint density at radius 1 is 0.776 bits per heavy atom. The van der Waals surface area contributed by atoms with E-state index in [2.05, 4.69) is 127 Å². The van der Waals surface area contributed by atoms with Crippen LogP contribution in [0.1, 0.15) is 37.8 Å². The third kappa shape index (κ3) is 7.03. The topological polar surface area (TPSA) is 25.8 Å². The quantitative estimate of drug-likeness (QED) is 0.130. The van der Waals surface area contributed by atoms with Gasteiger partial charge in [-0.2, -0.15) is 11.3 Å². The molecule has 1 radical (unpaired) electrons.